The van der Waals surface area contributed by atoms with Crippen molar-refractivity contribution >= 4 is 11.9 Å². The van der Waals surface area contributed by atoms with Gasteiger partial charge < -0.3 is 15.5 Å². The molecule has 0 bridgehead atoms. The average Bonchev–Trinajstić information content (AvgIpc) is 3.11. The summed E-state index contributed by atoms with van der Waals surface area (Å²) < 4.78 is 0. The van der Waals surface area contributed by atoms with E-state index >= 15 is 0 Å². The highest BCUT2D eigenvalue weighted by atomic mass is 16.2. The van der Waals surface area contributed by atoms with Gasteiger partial charge in [-0.1, -0.05) is 50.1 Å². The molecule has 0 unspecified atom stereocenters. The molecule has 0 aromatic heterocycles. The first-order valence-corrected chi connectivity index (χ1v) is 9.31. The number of likely N-dealkylation sites (N-methyl/N-ethyl adjacent to an activating group) is 1. The molecule has 0 spiro atoms. The molecule has 1 fully saturated rings. The van der Waals surface area contributed by atoms with Gasteiger partial charge in [-0.3, -0.25) is 4.79 Å². The van der Waals surface area contributed by atoms with Crippen LogP contribution >= 0.6 is 0 Å². The second-order valence-corrected chi connectivity index (χ2v) is 7.21. The smallest absolute Gasteiger partial charge is 0.241 e. The molecule has 5 nitrogen and oxygen atoms in total. The van der Waals surface area contributed by atoms with E-state index in [2.05, 4.69) is 34.7 Å². The van der Waals surface area contributed by atoms with Gasteiger partial charge in [-0.05, 0) is 30.2 Å². The molecule has 25 heavy (non-hydrogen) atoms. The zero-order chi connectivity index (χ0) is 18.1. The Morgan fingerprint density at radius 1 is 1.16 bits per heavy atom. The molecule has 1 aromatic carbocycles. The van der Waals surface area contributed by atoms with Crippen molar-refractivity contribution in [3.63, 3.8) is 0 Å². The van der Waals surface area contributed by atoms with Crippen LogP contribution in [0.25, 0.3) is 0 Å². The highest BCUT2D eigenvalue weighted by Gasteiger charge is 2.31. The molecule has 1 aliphatic rings. The van der Waals surface area contributed by atoms with E-state index in [9.17, 15) is 4.79 Å². The van der Waals surface area contributed by atoms with Crippen LogP contribution in [0.4, 0.5) is 0 Å². The van der Waals surface area contributed by atoms with Crippen molar-refractivity contribution in [2.75, 3.05) is 27.2 Å². The Morgan fingerprint density at radius 3 is 2.44 bits per heavy atom. The predicted molar refractivity (Wildman–Crippen MR) is 103 cm³/mol. The van der Waals surface area contributed by atoms with Gasteiger partial charge in [0.2, 0.25) is 5.91 Å². The number of carbonyl (C=O) groups is 1. The lowest BCUT2D eigenvalue weighted by Crippen LogP contribution is -2.46. The van der Waals surface area contributed by atoms with Crippen LogP contribution in [0, 0.1) is 5.41 Å². The third kappa shape index (κ3) is 6.07. The fourth-order valence-electron chi connectivity index (χ4n) is 3.30. The van der Waals surface area contributed by atoms with Crippen LogP contribution in [0.3, 0.4) is 0 Å². The molecule has 0 heterocycles. The van der Waals surface area contributed by atoms with Crippen molar-refractivity contribution in [2.45, 2.75) is 45.6 Å². The summed E-state index contributed by atoms with van der Waals surface area (Å²) in [4.78, 5) is 18.1. The minimum absolute atomic E-state index is 0.0419. The Labute approximate surface area is 151 Å². The highest BCUT2D eigenvalue weighted by molar-refractivity contribution is 5.86. The highest BCUT2D eigenvalue weighted by Crippen LogP contribution is 2.40. The summed E-state index contributed by atoms with van der Waals surface area (Å²) in [6.07, 6.45) is 6.37. The average molecular weight is 345 g/mol. The van der Waals surface area contributed by atoms with Crippen molar-refractivity contribution in [1.29, 1.82) is 0 Å². The molecule has 2 N–H and O–H groups in total. The fourth-order valence-corrected chi connectivity index (χ4v) is 3.30. The normalized spacial score (nSPS) is 16.5. The van der Waals surface area contributed by atoms with Gasteiger partial charge in [0.25, 0.3) is 0 Å². The fraction of sp³-hybridized carbons (Fsp3) is 0.600. The van der Waals surface area contributed by atoms with Crippen LogP contribution < -0.4 is 10.6 Å². The summed E-state index contributed by atoms with van der Waals surface area (Å²) in [7, 11) is 3.53. The van der Waals surface area contributed by atoms with E-state index in [0.29, 0.717) is 12.0 Å². The van der Waals surface area contributed by atoms with Gasteiger partial charge in [0.15, 0.2) is 5.96 Å². The molecule has 0 saturated heterocycles. The quantitative estimate of drug-likeness (QED) is 0.591. The van der Waals surface area contributed by atoms with Crippen LogP contribution in [0.2, 0.25) is 0 Å². The zero-order valence-corrected chi connectivity index (χ0v) is 15.8. The minimum atomic E-state index is 0.0419. The van der Waals surface area contributed by atoms with Gasteiger partial charge >= 0.3 is 0 Å². The molecule has 138 valence electrons. The third-order valence-corrected chi connectivity index (χ3v) is 5.21. The van der Waals surface area contributed by atoms with E-state index in [1.807, 2.05) is 18.2 Å². The number of aliphatic imine (C=N–C) groups is 1. The summed E-state index contributed by atoms with van der Waals surface area (Å²) >= 11 is 0. The first-order chi connectivity index (χ1) is 12.0. The Hall–Kier alpha value is -2.04. The van der Waals surface area contributed by atoms with Gasteiger partial charge in [-0.25, -0.2) is 4.99 Å². The van der Waals surface area contributed by atoms with E-state index < -0.39 is 0 Å². The molecule has 2 rings (SSSR count). The monoisotopic (exact) mass is 344 g/mol. The number of carbonyl (C=O) groups excluding carboxylic acids is 1. The second kappa shape index (κ2) is 9.44. The van der Waals surface area contributed by atoms with Crippen LogP contribution in [-0.4, -0.2) is 44.0 Å². The second-order valence-electron chi connectivity index (χ2n) is 7.21. The summed E-state index contributed by atoms with van der Waals surface area (Å²) in [5, 5.41) is 6.67. The summed E-state index contributed by atoms with van der Waals surface area (Å²) in [6, 6.07) is 10.2. The number of amides is 1. The lowest BCUT2D eigenvalue weighted by molar-refractivity contribution is -0.127. The minimum Gasteiger partial charge on any atom is -0.356 e. The lowest BCUT2D eigenvalue weighted by Gasteiger charge is -2.28. The molecule has 1 aromatic rings. The summed E-state index contributed by atoms with van der Waals surface area (Å²) in [5.74, 6) is 0.763. The summed E-state index contributed by atoms with van der Waals surface area (Å²) in [6.45, 7) is 4.05. The Balaban J connectivity index is 1.98. The van der Waals surface area contributed by atoms with Gasteiger partial charge in [-0.2, -0.15) is 0 Å². The maximum atomic E-state index is 11.9. The topological polar surface area (TPSA) is 56.7 Å². The zero-order valence-electron chi connectivity index (χ0n) is 15.8. The van der Waals surface area contributed by atoms with Crippen LogP contribution in [0.15, 0.2) is 35.3 Å². The number of nitrogens with zero attached hydrogens (tertiary/aromatic N) is 2. The van der Waals surface area contributed by atoms with Crippen molar-refractivity contribution in [1.82, 2.24) is 15.5 Å². The van der Waals surface area contributed by atoms with Crippen molar-refractivity contribution in [2.24, 2.45) is 10.4 Å². The van der Waals surface area contributed by atoms with Gasteiger partial charge in [0.1, 0.15) is 0 Å². The molecule has 1 saturated carbocycles. The first kappa shape index (κ1) is 19.3. The van der Waals surface area contributed by atoms with Crippen LogP contribution in [0.5, 0.6) is 0 Å². The van der Waals surface area contributed by atoms with Gasteiger partial charge in [0.05, 0.1) is 13.1 Å². The summed E-state index contributed by atoms with van der Waals surface area (Å²) in [5.41, 5.74) is 1.54. The van der Waals surface area contributed by atoms with Crippen molar-refractivity contribution in [3.8, 4) is 0 Å². The number of hydrogen-bond acceptors (Lipinski definition) is 2. The largest absolute Gasteiger partial charge is 0.356 e. The Bertz CT molecular complexity index is 562. The maximum Gasteiger partial charge on any atom is 0.241 e. The van der Waals surface area contributed by atoms with Gasteiger partial charge in [-0.15, -0.1) is 0 Å². The van der Waals surface area contributed by atoms with Crippen LogP contribution in [-0.2, 0) is 11.3 Å². The number of benzene rings is 1. The number of nitrogens with one attached hydrogen (secondary N) is 2. The molecule has 0 radical (unpaired) electrons. The SMILES string of the molecule is CCC1(CNC(=NCc2ccccc2)NCC(=O)N(C)C)CCCC1. The Kier molecular flexibility index (Phi) is 7.29. The van der Waals surface area contributed by atoms with E-state index in [-0.39, 0.29) is 12.5 Å². The van der Waals surface area contributed by atoms with Crippen LogP contribution in [0.1, 0.15) is 44.6 Å². The Morgan fingerprint density at radius 2 is 1.84 bits per heavy atom. The van der Waals surface area contributed by atoms with Crippen molar-refractivity contribution < 1.29 is 4.79 Å². The van der Waals surface area contributed by atoms with E-state index in [1.165, 1.54) is 32.1 Å². The molecule has 1 amide bonds. The molecule has 0 atom stereocenters. The van der Waals surface area contributed by atoms with E-state index in [0.717, 1.165) is 18.1 Å². The van der Waals surface area contributed by atoms with Crippen molar-refractivity contribution in [3.05, 3.63) is 35.9 Å². The number of rotatable bonds is 7. The molecule has 0 aliphatic heterocycles. The van der Waals surface area contributed by atoms with Gasteiger partial charge in [0, 0.05) is 20.6 Å². The molecule has 1 aliphatic carbocycles. The third-order valence-electron chi connectivity index (χ3n) is 5.21. The first-order valence-electron chi connectivity index (χ1n) is 9.31. The standard InChI is InChI=1S/C20H32N4O/c1-4-20(12-8-9-13-20)16-23-19(22-15-18(25)24(2)3)21-14-17-10-6-5-7-11-17/h5-7,10-11H,4,8-9,12-16H2,1-3H3,(H2,21,22,23). The van der Waals surface area contributed by atoms with E-state index in [1.54, 1.807) is 19.0 Å². The predicted octanol–water partition coefficient (Wildman–Crippen LogP) is 2.78. The number of hydrogen-bond donors (Lipinski definition) is 2. The lowest BCUT2D eigenvalue weighted by atomic mass is 9.83. The molecular weight excluding hydrogens is 312 g/mol. The number of guanidine groups is 1. The van der Waals surface area contributed by atoms with E-state index in [4.69, 9.17) is 0 Å². The molecule has 5 heteroatoms. The maximum absolute atomic E-state index is 11.9. The molecular formula is C20H32N4O.